The Morgan fingerprint density at radius 1 is 0.872 bits per heavy atom. The average molecular weight is 624 g/mol. The monoisotopic (exact) mass is 622 g/mol. The normalized spacial score (nSPS) is 14.3. The third-order valence-electron chi connectivity index (χ3n) is 6.83. The molecule has 39 heavy (non-hydrogen) atoms. The minimum Gasteiger partial charge on any atom is -0.352 e. The zero-order chi connectivity index (χ0) is 27.8. The summed E-state index contributed by atoms with van der Waals surface area (Å²) in [6, 6.07) is 19.7. The Kier molecular flexibility index (Phi) is 11.3. The van der Waals surface area contributed by atoms with Crippen LogP contribution in [0.1, 0.15) is 42.4 Å². The first-order chi connectivity index (χ1) is 18.8. The maximum atomic E-state index is 13.8. The third-order valence-corrected chi connectivity index (χ3v) is 8.97. The molecule has 3 aromatic rings. The highest BCUT2D eigenvalue weighted by atomic mass is 35.5. The van der Waals surface area contributed by atoms with Crippen LogP contribution in [-0.4, -0.2) is 34.6 Å². The molecule has 4 rings (SSSR count). The largest absolute Gasteiger partial charge is 0.352 e. The van der Waals surface area contributed by atoms with Crippen LogP contribution >= 0.6 is 58.2 Å². The number of nitrogens with one attached hydrogen (secondary N) is 1. The van der Waals surface area contributed by atoms with Crippen LogP contribution in [-0.2, 0) is 28.3 Å². The number of rotatable bonds is 11. The Bertz CT molecular complexity index is 1290. The molecule has 206 valence electrons. The molecule has 0 heterocycles. The molecule has 1 atom stereocenters. The van der Waals surface area contributed by atoms with E-state index < -0.39 is 6.04 Å². The minimum atomic E-state index is -0.702. The molecule has 0 aliphatic heterocycles. The van der Waals surface area contributed by atoms with Crippen molar-refractivity contribution in [1.29, 1.82) is 0 Å². The van der Waals surface area contributed by atoms with Crippen LogP contribution in [0, 0.1) is 0 Å². The Balaban J connectivity index is 1.59. The smallest absolute Gasteiger partial charge is 0.243 e. The quantitative estimate of drug-likeness (QED) is 0.234. The molecule has 4 nitrogen and oxygen atoms in total. The summed E-state index contributed by atoms with van der Waals surface area (Å²) >= 11 is 26.5. The van der Waals surface area contributed by atoms with Crippen LogP contribution < -0.4 is 5.32 Å². The Morgan fingerprint density at radius 3 is 2.10 bits per heavy atom. The maximum Gasteiger partial charge on any atom is 0.243 e. The Morgan fingerprint density at radius 2 is 1.49 bits per heavy atom. The number of carbonyl (C=O) groups excluding carboxylic acids is 2. The van der Waals surface area contributed by atoms with E-state index >= 15 is 0 Å². The van der Waals surface area contributed by atoms with Crippen molar-refractivity contribution in [2.24, 2.45) is 0 Å². The molecule has 0 spiro atoms. The average Bonchev–Trinajstić information content (AvgIpc) is 3.42. The van der Waals surface area contributed by atoms with Gasteiger partial charge in [0.25, 0.3) is 0 Å². The van der Waals surface area contributed by atoms with E-state index in [2.05, 4.69) is 5.32 Å². The first kappa shape index (κ1) is 30.1. The van der Waals surface area contributed by atoms with E-state index in [1.165, 1.54) is 11.8 Å². The van der Waals surface area contributed by atoms with Gasteiger partial charge in [-0.15, -0.1) is 11.8 Å². The first-order valence-electron chi connectivity index (χ1n) is 12.9. The second-order valence-electron chi connectivity index (χ2n) is 9.68. The van der Waals surface area contributed by atoms with Crippen LogP contribution in [0.2, 0.25) is 20.1 Å². The molecule has 2 amide bonds. The summed E-state index contributed by atoms with van der Waals surface area (Å²) in [5.41, 5.74) is 2.60. The number of hydrogen-bond donors (Lipinski definition) is 1. The maximum absolute atomic E-state index is 13.8. The molecule has 9 heteroatoms. The van der Waals surface area contributed by atoms with Crippen molar-refractivity contribution in [3.63, 3.8) is 0 Å². The second kappa shape index (κ2) is 14.7. The van der Waals surface area contributed by atoms with Crippen molar-refractivity contribution in [2.45, 2.75) is 56.5 Å². The number of hydrogen-bond acceptors (Lipinski definition) is 3. The molecule has 1 aliphatic rings. The van der Waals surface area contributed by atoms with Gasteiger partial charge in [0.15, 0.2) is 0 Å². The molecule has 1 fully saturated rings. The van der Waals surface area contributed by atoms with Gasteiger partial charge in [-0.05, 0) is 53.8 Å². The van der Waals surface area contributed by atoms with E-state index in [4.69, 9.17) is 46.4 Å². The van der Waals surface area contributed by atoms with E-state index in [1.54, 1.807) is 35.2 Å². The number of nitrogens with zero attached hydrogens (tertiary/aromatic N) is 1. The molecule has 0 radical (unpaired) electrons. The Hall–Kier alpha value is -1.89. The van der Waals surface area contributed by atoms with Crippen molar-refractivity contribution >= 4 is 70.0 Å². The fourth-order valence-corrected chi connectivity index (χ4v) is 6.66. The van der Waals surface area contributed by atoms with Gasteiger partial charge in [-0.25, -0.2) is 0 Å². The lowest BCUT2D eigenvalue weighted by Crippen LogP contribution is -2.52. The second-order valence-corrected chi connectivity index (χ2v) is 12.4. The van der Waals surface area contributed by atoms with Crippen molar-refractivity contribution in [2.75, 3.05) is 5.75 Å². The first-order valence-corrected chi connectivity index (χ1v) is 15.6. The molecule has 3 aromatic carbocycles. The molecule has 0 aromatic heterocycles. The summed E-state index contributed by atoms with van der Waals surface area (Å²) in [4.78, 5) is 29.2. The number of thioether (sulfide) groups is 1. The molecule has 1 aliphatic carbocycles. The van der Waals surface area contributed by atoms with E-state index in [-0.39, 0.29) is 30.2 Å². The highest BCUT2D eigenvalue weighted by Gasteiger charge is 2.32. The predicted molar refractivity (Wildman–Crippen MR) is 164 cm³/mol. The van der Waals surface area contributed by atoms with Crippen LogP contribution in [0.4, 0.5) is 0 Å². The van der Waals surface area contributed by atoms with E-state index in [0.29, 0.717) is 32.3 Å². The lowest BCUT2D eigenvalue weighted by Gasteiger charge is -2.32. The summed E-state index contributed by atoms with van der Waals surface area (Å²) in [7, 11) is 0. The molecule has 1 unspecified atom stereocenters. The standard InChI is InChI=1S/C30H30Cl4N2O2S/c31-23-12-10-21(26(33)15-23)17-36(29(37)19-39-18-22-11-13-24(32)16-27(22)34)28(14-20-6-2-1-3-7-20)30(38)35-25-8-4-5-9-25/h1-3,6-7,10-13,15-16,25,28H,4-5,8-9,14,17-19H2,(H,35,38). The zero-order valence-corrected chi connectivity index (χ0v) is 25.2. The van der Waals surface area contributed by atoms with E-state index in [1.807, 2.05) is 36.4 Å². The molecule has 0 bridgehead atoms. The highest BCUT2D eigenvalue weighted by molar-refractivity contribution is 7.99. The third kappa shape index (κ3) is 8.80. The fraction of sp³-hybridized carbons (Fsp3) is 0.333. The molecule has 0 saturated heterocycles. The number of carbonyl (C=O) groups is 2. The topological polar surface area (TPSA) is 49.4 Å². The van der Waals surface area contributed by atoms with Gasteiger partial charge in [-0.2, -0.15) is 0 Å². The summed E-state index contributed by atoms with van der Waals surface area (Å²) < 4.78 is 0. The molecule has 1 saturated carbocycles. The van der Waals surface area contributed by atoms with Gasteiger partial charge >= 0.3 is 0 Å². The van der Waals surface area contributed by atoms with E-state index in [9.17, 15) is 9.59 Å². The van der Waals surface area contributed by atoms with Gasteiger partial charge in [0.05, 0.1) is 5.75 Å². The van der Waals surface area contributed by atoms with Gasteiger partial charge in [-0.3, -0.25) is 9.59 Å². The molecule has 1 N–H and O–H groups in total. The van der Waals surface area contributed by atoms with Crippen molar-refractivity contribution < 1.29 is 9.59 Å². The molecular weight excluding hydrogens is 594 g/mol. The summed E-state index contributed by atoms with van der Waals surface area (Å²) in [6.45, 7) is 0.187. The van der Waals surface area contributed by atoms with Gasteiger partial charge < -0.3 is 10.2 Å². The highest BCUT2D eigenvalue weighted by Crippen LogP contribution is 2.27. The van der Waals surface area contributed by atoms with Gasteiger partial charge in [-0.1, -0.05) is 102 Å². The van der Waals surface area contributed by atoms with Crippen LogP contribution in [0.15, 0.2) is 66.7 Å². The summed E-state index contributed by atoms with van der Waals surface area (Å²) in [6.07, 6.45) is 4.50. The van der Waals surface area contributed by atoms with Gasteiger partial charge in [0, 0.05) is 44.9 Å². The minimum absolute atomic E-state index is 0.133. The van der Waals surface area contributed by atoms with Gasteiger partial charge in [0.2, 0.25) is 11.8 Å². The number of benzene rings is 3. The predicted octanol–water partition coefficient (Wildman–Crippen LogP) is 8.23. The summed E-state index contributed by atoms with van der Waals surface area (Å²) in [5, 5.41) is 5.30. The van der Waals surface area contributed by atoms with E-state index in [0.717, 1.165) is 42.4 Å². The molecular formula is C30H30Cl4N2O2S. The lowest BCUT2D eigenvalue weighted by atomic mass is 10.0. The van der Waals surface area contributed by atoms with Crippen molar-refractivity contribution in [3.05, 3.63) is 104 Å². The van der Waals surface area contributed by atoms with Crippen molar-refractivity contribution in [3.8, 4) is 0 Å². The van der Waals surface area contributed by atoms with Crippen LogP contribution in [0.5, 0.6) is 0 Å². The van der Waals surface area contributed by atoms with Crippen LogP contribution in [0.3, 0.4) is 0 Å². The number of amides is 2. The zero-order valence-electron chi connectivity index (χ0n) is 21.3. The fourth-order valence-electron chi connectivity index (χ4n) is 4.72. The number of halogens is 4. The lowest BCUT2D eigenvalue weighted by molar-refractivity contribution is -0.139. The Labute approximate surface area is 254 Å². The van der Waals surface area contributed by atoms with Gasteiger partial charge in [0.1, 0.15) is 6.04 Å². The van der Waals surface area contributed by atoms with Crippen molar-refractivity contribution in [1.82, 2.24) is 10.2 Å². The van der Waals surface area contributed by atoms with Crippen LogP contribution in [0.25, 0.3) is 0 Å². The SMILES string of the molecule is O=C(NC1CCCC1)C(Cc1ccccc1)N(Cc1ccc(Cl)cc1Cl)C(=O)CSCc1ccc(Cl)cc1Cl. The summed E-state index contributed by atoms with van der Waals surface area (Å²) in [5.74, 6) is 0.412.